The number of ether oxygens (including phenoxy) is 1. The van der Waals surface area contributed by atoms with Crippen LogP contribution in [0.3, 0.4) is 0 Å². The molecule has 5 nitrogen and oxygen atoms in total. The van der Waals surface area contributed by atoms with E-state index in [0.717, 1.165) is 41.9 Å². The maximum absolute atomic E-state index is 5.41. The first-order valence-electron chi connectivity index (χ1n) is 9.63. The van der Waals surface area contributed by atoms with Crippen molar-refractivity contribution in [3.05, 3.63) is 71.5 Å². The lowest BCUT2D eigenvalue weighted by atomic mass is 10.0. The number of aromatic nitrogens is 2. The van der Waals surface area contributed by atoms with Gasteiger partial charge in [0.2, 0.25) is 0 Å². The van der Waals surface area contributed by atoms with Crippen molar-refractivity contribution in [2.45, 2.75) is 33.1 Å². The van der Waals surface area contributed by atoms with Gasteiger partial charge in [0.25, 0.3) is 0 Å². The Hall–Kier alpha value is -3.08. The van der Waals surface area contributed by atoms with Crippen molar-refractivity contribution in [1.82, 2.24) is 9.97 Å². The largest absolute Gasteiger partial charge is 0.496 e. The molecular formula is C23H28N4O. The van der Waals surface area contributed by atoms with Gasteiger partial charge in [0.1, 0.15) is 23.2 Å². The zero-order valence-electron chi connectivity index (χ0n) is 17.0. The van der Waals surface area contributed by atoms with Crippen LogP contribution in [0.25, 0.3) is 0 Å². The lowest BCUT2D eigenvalue weighted by Crippen LogP contribution is -2.09. The third kappa shape index (κ3) is 5.22. The summed E-state index contributed by atoms with van der Waals surface area (Å²) in [5, 5.41) is 6.76. The topological polar surface area (TPSA) is 59.1 Å². The zero-order valence-corrected chi connectivity index (χ0v) is 17.0. The molecule has 0 fully saturated rings. The minimum atomic E-state index is 0.523. The van der Waals surface area contributed by atoms with Crippen molar-refractivity contribution >= 4 is 17.3 Å². The third-order valence-electron chi connectivity index (χ3n) is 4.58. The quantitative estimate of drug-likeness (QED) is 0.557. The molecule has 1 heterocycles. The van der Waals surface area contributed by atoms with Crippen LogP contribution in [0.2, 0.25) is 0 Å². The van der Waals surface area contributed by atoms with Crippen molar-refractivity contribution in [3.63, 3.8) is 0 Å². The van der Waals surface area contributed by atoms with Crippen molar-refractivity contribution in [2.75, 3.05) is 24.3 Å². The van der Waals surface area contributed by atoms with E-state index in [9.17, 15) is 0 Å². The van der Waals surface area contributed by atoms with E-state index in [0.29, 0.717) is 5.92 Å². The maximum Gasteiger partial charge on any atom is 0.136 e. The number of aryl methyl sites for hydroxylation is 1. The Kier molecular flexibility index (Phi) is 6.48. The number of hydrogen-bond donors (Lipinski definition) is 2. The third-order valence-corrected chi connectivity index (χ3v) is 4.58. The normalized spacial score (nSPS) is 10.8. The molecule has 2 aromatic carbocycles. The summed E-state index contributed by atoms with van der Waals surface area (Å²) in [5.74, 6) is 3.75. The molecule has 5 heteroatoms. The Morgan fingerprint density at radius 2 is 1.68 bits per heavy atom. The van der Waals surface area contributed by atoms with Gasteiger partial charge in [-0.1, -0.05) is 44.2 Å². The van der Waals surface area contributed by atoms with E-state index in [1.54, 1.807) is 7.11 Å². The molecule has 0 bridgehead atoms. The minimum absolute atomic E-state index is 0.523. The van der Waals surface area contributed by atoms with Gasteiger partial charge in [-0.05, 0) is 48.6 Å². The summed E-state index contributed by atoms with van der Waals surface area (Å²) < 4.78 is 5.41. The molecule has 0 saturated heterocycles. The first-order valence-corrected chi connectivity index (χ1v) is 9.63. The highest BCUT2D eigenvalue weighted by Gasteiger charge is 2.05. The molecule has 28 heavy (non-hydrogen) atoms. The fraction of sp³-hybridized carbons (Fsp3) is 0.304. The summed E-state index contributed by atoms with van der Waals surface area (Å²) in [7, 11) is 1.70. The smallest absolute Gasteiger partial charge is 0.136 e. The first-order chi connectivity index (χ1) is 13.5. The van der Waals surface area contributed by atoms with Crippen LogP contribution < -0.4 is 15.4 Å². The lowest BCUT2D eigenvalue weighted by molar-refractivity contribution is 0.410. The number of hydrogen-bond acceptors (Lipinski definition) is 5. The number of nitrogens with zero attached hydrogens (tertiary/aromatic N) is 2. The van der Waals surface area contributed by atoms with E-state index < -0.39 is 0 Å². The fourth-order valence-electron chi connectivity index (χ4n) is 3.06. The molecule has 3 rings (SSSR count). The van der Waals surface area contributed by atoms with Gasteiger partial charge in [-0.15, -0.1) is 0 Å². The highest BCUT2D eigenvalue weighted by atomic mass is 16.5. The Balaban J connectivity index is 1.64. The Morgan fingerprint density at radius 3 is 2.39 bits per heavy atom. The van der Waals surface area contributed by atoms with Gasteiger partial charge in [0.05, 0.1) is 7.11 Å². The molecule has 0 aliphatic carbocycles. The van der Waals surface area contributed by atoms with Crippen molar-refractivity contribution in [1.29, 1.82) is 0 Å². The number of anilines is 3. The van der Waals surface area contributed by atoms with Crippen LogP contribution in [0.5, 0.6) is 5.75 Å². The van der Waals surface area contributed by atoms with E-state index in [1.165, 1.54) is 11.1 Å². The number of para-hydroxylation sites is 1. The Labute approximate surface area is 167 Å². The van der Waals surface area contributed by atoms with Gasteiger partial charge in [-0.3, -0.25) is 0 Å². The molecule has 1 aromatic heterocycles. The minimum Gasteiger partial charge on any atom is -0.496 e. The van der Waals surface area contributed by atoms with Gasteiger partial charge >= 0.3 is 0 Å². The lowest BCUT2D eigenvalue weighted by Gasteiger charge is -2.12. The average molecular weight is 377 g/mol. The van der Waals surface area contributed by atoms with E-state index in [2.05, 4.69) is 64.8 Å². The number of nitrogens with one attached hydrogen (secondary N) is 2. The van der Waals surface area contributed by atoms with Gasteiger partial charge in [0, 0.05) is 18.3 Å². The van der Waals surface area contributed by atoms with Gasteiger partial charge in [-0.2, -0.15) is 0 Å². The second kappa shape index (κ2) is 9.22. The average Bonchev–Trinajstić information content (AvgIpc) is 2.68. The van der Waals surface area contributed by atoms with Crippen LogP contribution in [0.15, 0.2) is 54.6 Å². The SMILES string of the molecule is COc1ccccc1CCNc1cc(Nc2ccc(C(C)C)cc2)nc(C)n1. The molecule has 0 saturated carbocycles. The molecule has 146 valence electrons. The molecular weight excluding hydrogens is 348 g/mol. The zero-order chi connectivity index (χ0) is 19.9. The molecule has 0 aliphatic heterocycles. The van der Waals surface area contributed by atoms with Crippen LogP contribution >= 0.6 is 0 Å². The van der Waals surface area contributed by atoms with Gasteiger partial charge in [0.15, 0.2) is 0 Å². The molecule has 3 aromatic rings. The number of benzene rings is 2. The van der Waals surface area contributed by atoms with Crippen molar-refractivity contribution < 1.29 is 4.74 Å². The number of rotatable bonds is 8. The van der Waals surface area contributed by atoms with Crippen molar-refractivity contribution in [3.8, 4) is 5.75 Å². The molecule has 2 N–H and O–H groups in total. The first kappa shape index (κ1) is 19.7. The van der Waals surface area contributed by atoms with Crippen LogP contribution in [0.1, 0.15) is 36.7 Å². The van der Waals surface area contributed by atoms with Crippen LogP contribution in [0.4, 0.5) is 17.3 Å². The summed E-state index contributed by atoms with van der Waals surface area (Å²) in [5.41, 5.74) is 3.51. The highest BCUT2D eigenvalue weighted by Crippen LogP contribution is 2.21. The monoisotopic (exact) mass is 376 g/mol. The molecule has 0 spiro atoms. The molecule has 0 amide bonds. The van der Waals surface area contributed by atoms with E-state index in [1.807, 2.05) is 31.2 Å². The van der Waals surface area contributed by atoms with E-state index >= 15 is 0 Å². The molecule has 0 aliphatic rings. The summed E-state index contributed by atoms with van der Waals surface area (Å²) in [6, 6.07) is 18.5. The van der Waals surface area contributed by atoms with Crippen LogP contribution in [-0.4, -0.2) is 23.6 Å². The predicted octanol–water partition coefficient (Wildman–Crippen LogP) is 5.32. The number of methoxy groups -OCH3 is 1. The Morgan fingerprint density at radius 1 is 0.964 bits per heavy atom. The molecule has 0 radical (unpaired) electrons. The predicted molar refractivity (Wildman–Crippen MR) is 116 cm³/mol. The maximum atomic E-state index is 5.41. The second-order valence-corrected chi connectivity index (χ2v) is 7.08. The molecule has 0 atom stereocenters. The fourth-order valence-corrected chi connectivity index (χ4v) is 3.06. The van der Waals surface area contributed by atoms with Crippen LogP contribution in [-0.2, 0) is 6.42 Å². The van der Waals surface area contributed by atoms with E-state index in [-0.39, 0.29) is 0 Å². The summed E-state index contributed by atoms with van der Waals surface area (Å²) in [6.07, 6.45) is 0.854. The summed E-state index contributed by atoms with van der Waals surface area (Å²) >= 11 is 0. The van der Waals surface area contributed by atoms with Gasteiger partial charge < -0.3 is 15.4 Å². The standard InChI is InChI=1S/C23H28N4O/c1-16(2)18-9-11-20(12-10-18)27-23-15-22(25-17(3)26-23)24-14-13-19-7-5-6-8-21(19)28-4/h5-12,15-16H,13-14H2,1-4H3,(H2,24,25,26,27). The van der Waals surface area contributed by atoms with Crippen LogP contribution in [0, 0.1) is 6.92 Å². The van der Waals surface area contributed by atoms with Gasteiger partial charge in [-0.25, -0.2) is 9.97 Å². The highest BCUT2D eigenvalue weighted by molar-refractivity contribution is 5.59. The Bertz CT molecular complexity index is 907. The second-order valence-electron chi connectivity index (χ2n) is 7.08. The van der Waals surface area contributed by atoms with Crippen molar-refractivity contribution in [2.24, 2.45) is 0 Å². The summed E-state index contributed by atoms with van der Waals surface area (Å²) in [6.45, 7) is 7.05. The molecule has 0 unspecified atom stereocenters. The van der Waals surface area contributed by atoms with E-state index in [4.69, 9.17) is 4.74 Å². The summed E-state index contributed by atoms with van der Waals surface area (Å²) in [4.78, 5) is 8.99.